The molecule has 1 aromatic carbocycles. The number of hydrogen-bond donors (Lipinski definition) is 2. The van der Waals surface area contributed by atoms with Crippen LogP contribution >= 0.6 is 0 Å². The lowest BCUT2D eigenvalue weighted by Gasteiger charge is -2.44. The van der Waals surface area contributed by atoms with Gasteiger partial charge in [-0.15, -0.1) is 5.10 Å². The minimum Gasteiger partial charge on any atom is -0.444 e. The van der Waals surface area contributed by atoms with E-state index in [2.05, 4.69) is 10.3 Å². The summed E-state index contributed by atoms with van der Waals surface area (Å²) in [5.74, 6) is -4.40. The second-order valence-corrected chi connectivity index (χ2v) is 12.5. The van der Waals surface area contributed by atoms with E-state index in [1.165, 1.54) is 18.0 Å². The molecule has 3 saturated heterocycles. The number of aliphatic hydroxyl groups is 2. The summed E-state index contributed by atoms with van der Waals surface area (Å²) in [6.45, 7) is 5.98. The monoisotopic (exact) mass is 641 g/mol. The SMILES string of the molecule is CO[C@@H]1[C@@H](n2cc(-c3cc(F)c(F)c(F)c3)nn2)[C@@H](O)[C@@H](CO)O[C@@H]1C[C@@H]1CN(C2CCN(C(=O)OC(C)(C)C)CC2)C(=O)O1. The highest BCUT2D eigenvalue weighted by Crippen LogP contribution is 2.36. The van der Waals surface area contributed by atoms with E-state index in [-0.39, 0.29) is 30.3 Å². The summed E-state index contributed by atoms with van der Waals surface area (Å²) in [6, 6.07) is 0.456. The summed E-state index contributed by atoms with van der Waals surface area (Å²) in [4.78, 5) is 28.6. The molecule has 0 radical (unpaired) electrons. The fourth-order valence-corrected chi connectivity index (χ4v) is 6.12. The van der Waals surface area contributed by atoms with E-state index >= 15 is 0 Å². The smallest absolute Gasteiger partial charge is 0.410 e. The predicted molar refractivity (Wildman–Crippen MR) is 149 cm³/mol. The van der Waals surface area contributed by atoms with Gasteiger partial charge in [0.05, 0.1) is 25.5 Å². The lowest BCUT2D eigenvalue weighted by molar-refractivity contribution is -0.217. The highest BCUT2D eigenvalue weighted by atomic mass is 19.2. The van der Waals surface area contributed by atoms with E-state index in [1.807, 2.05) is 0 Å². The number of halogens is 3. The second-order valence-electron chi connectivity index (χ2n) is 12.5. The number of carbonyl (C=O) groups excluding carboxylic acids is 2. The number of hydrogen-bond acceptors (Lipinski definition) is 10. The van der Waals surface area contributed by atoms with Crippen LogP contribution in [0.1, 0.15) is 46.1 Å². The van der Waals surface area contributed by atoms with Crippen LogP contribution in [0.5, 0.6) is 0 Å². The predicted octanol–water partition coefficient (Wildman–Crippen LogP) is 2.65. The molecule has 3 fully saturated rings. The molecule has 0 unspecified atom stereocenters. The van der Waals surface area contributed by atoms with Crippen molar-refractivity contribution in [1.82, 2.24) is 24.8 Å². The van der Waals surface area contributed by atoms with E-state index in [0.29, 0.717) is 25.9 Å². The molecule has 45 heavy (non-hydrogen) atoms. The zero-order valence-corrected chi connectivity index (χ0v) is 25.4. The molecule has 5 rings (SSSR count). The second kappa shape index (κ2) is 13.1. The average Bonchev–Trinajstić information content (AvgIpc) is 3.62. The summed E-state index contributed by atoms with van der Waals surface area (Å²) in [5, 5.41) is 29.0. The number of rotatable bonds is 7. The number of piperidine rings is 1. The van der Waals surface area contributed by atoms with Crippen LogP contribution in [-0.2, 0) is 18.9 Å². The Morgan fingerprint density at radius 1 is 1.13 bits per heavy atom. The van der Waals surface area contributed by atoms with Crippen LogP contribution in [0.25, 0.3) is 11.3 Å². The van der Waals surface area contributed by atoms with Gasteiger partial charge in [0.1, 0.15) is 41.8 Å². The number of nitrogens with zero attached hydrogens (tertiary/aromatic N) is 5. The number of amides is 2. The summed E-state index contributed by atoms with van der Waals surface area (Å²) in [6.07, 6.45) is -2.93. The van der Waals surface area contributed by atoms with Gasteiger partial charge < -0.3 is 39.0 Å². The number of aromatic nitrogens is 3. The van der Waals surface area contributed by atoms with Gasteiger partial charge in [-0.25, -0.2) is 27.4 Å². The zero-order chi connectivity index (χ0) is 32.6. The molecular weight excluding hydrogens is 603 g/mol. The standard InChI is InChI=1S/C29H38F3N5O8/c1-29(2,3)45-27(40)35-7-5-16(6-8-35)36-12-17(43-28(36)41)11-21-26(42-4)24(25(39)22(14-38)44-21)37-13-20(33-34-37)15-9-18(30)23(32)19(31)10-15/h9-10,13,16-17,21-22,24-26,38-39H,5-8,11-12,14H2,1-4H3/t17-,21-,22-,24+,25+,26+/m1/s1. The third-order valence-electron chi connectivity index (χ3n) is 8.29. The number of likely N-dealkylation sites (tertiary alicyclic amines) is 1. The molecule has 0 aliphatic carbocycles. The molecule has 2 aromatic rings. The highest BCUT2D eigenvalue weighted by molar-refractivity contribution is 5.71. The summed E-state index contributed by atoms with van der Waals surface area (Å²) in [5.41, 5.74) is -0.669. The quantitative estimate of drug-likeness (QED) is 0.433. The summed E-state index contributed by atoms with van der Waals surface area (Å²) >= 11 is 0. The molecular formula is C29H38F3N5O8. The van der Waals surface area contributed by atoms with Crippen LogP contribution in [-0.4, -0.2) is 123 Å². The third kappa shape index (κ3) is 7.03. The van der Waals surface area contributed by atoms with Gasteiger partial charge in [-0.3, -0.25) is 0 Å². The number of benzene rings is 1. The molecule has 4 heterocycles. The minimum absolute atomic E-state index is 0.0107. The lowest BCUT2D eigenvalue weighted by atomic mass is 9.89. The molecule has 0 spiro atoms. The Morgan fingerprint density at radius 2 is 1.80 bits per heavy atom. The molecule has 3 aliphatic heterocycles. The van der Waals surface area contributed by atoms with Crippen LogP contribution in [0.4, 0.5) is 22.8 Å². The van der Waals surface area contributed by atoms with Gasteiger partial charge in [-0.05, 0) is 45.7 Å². The van der Waals surface area contributed by atoms with Gasteiger partial charge in [0.25, 0.3) is 0 Å². The van der Waals surface area contributed by atoms with Crippen molar-refractivity contribution in [1.29, 1.82) is 0 Å². The van der Waals surface area contributed by atoms with E-state index in [1.54, 1.807) is 30.6 Å². The van der Waals surface area contributed by atoms with Gasteiger partial charge in [0, 0.05) is 38.2 Å². The molecule has 6 atom stereocenters. The molecule has 1 aromatic heterocycles. The first-order chi connectivity index (χ1) is 21.3. The van der Waals surface area contributed by atoms with Crippen molar-refractivity contribution >= 4 is 12.2 Å². The van der Waals surface area contributed by atoms with Crippen LogP contribution in [0.2, 0.25) is 0 Å². The number of methoxy groups -OCH3 is 1. The van der Waals surface area contributed by atoms with Crippen LogP contribution in [0, 0.1) is 17.5 Å². The topological polar surface area (TPSA) is 149 Å². The molecule has 2 N–H and O–H groups in total. The molecule has 13 nitrogen and oxygen atoms in total. The molecule has 3 aliphatic rings. The van der Waals surface area contributed by atoms with Gasteiger partial charge in [-0.2, -0.15) is 0 Å². The number of aliphatic hydroxyl groups excluding tert-OH is 2. The van der Waals surface area contributed by atoms with E-state index < -0.39 is 78.4 Å². The van der Waals surface area contributed by atoms with Gasteiger partial charge >= 0.3 is 12.2 Å². The Kier molecular flexibility index (Phi) is 9.58. The first kappa shape index (κ1) is 32.9. The van der Waals surface area contributed by atoms with Gasteiger partial charge in [-0.1, -0.05) is 5.21 Å². The van der Waals surface area contributed by atoms with Crippen molar-refractivity contribution in [3.63, 3.8) is 0 Å². The first-order valence-corrected chi connectivity index (χ1v) is 14.8. The van der Waals surface area contributed by atoms with Crippen molar-refractivity contribution in [3.8, 4) is 11.3 Å². The minimum atomic E-state index is -1.61. The Morgan fingerprint density at radius 3 is 2.40 bits per heavy atom. The largest absolute Gasteiger partial charge is 0.444 e. The van der Waals surface area contributed by atoms with Crippen LogP contribution < -0.4 is 0 Å². The molecule has 0 bridgehead atoms. The number of ether oxygens (including phenoxy) is 4. The van der Waals surface area contributed by atoms with E-state index in [4.69, 9.17) is 18.9 Å². The molecule has 248 valence electrons. The van der Waals surface area contributed by atoms with Crippen molar-refractivity contribution < 1.29 is 51.9 Å². The Balaban J connectivity index is 1.26. The van der Waals surface area contributed by atoms with Gasteiger partial charge in [0.15, 0.2) is 17.5 Å². The van der Waals surface area contributed by atoms with Crippen LogP contribution in [0.3, 0.4) is 0 Å². The summed E-state index contributed by atoms with van der Waals surface area (Å²) in [7, 11) is 1.40. The molecule has 16 heteroatoms. The lowest BCUT2D eigenvalue weighted by Crippen LogP contribution is -2.57. The Hall–Kier alpha value is -3.47. The van der Waals surface area contributed by atoms with Crippen LogP contribution in [0.15, 0.2) is 18.3 Å². The number of cyclic esters (lactones) is 1. The maximum Gasteiger partial charge on any atom is 0.410 e. The third-order valence-corrected chi connectivity index (χ3v) is 8.29. The van der Waals surface area contributed by atoms with Crippen molar-refractivity contribution in [2.75, 3.05) is 33.4 Å². The summed E-state index contributed by atoms with van der Waals surface area (Å²) < 4.78 is 65.3. The average molecular weight is 642 g/mol. The zero-order valence-electron chi connectivity index (χ0n) is 25.4. The first-order valence-electron chi connectivity index (χ1n) is 14.8. The van der Waals surface area contributed by atoms with Crippen molar-refractivity contribution in [2.24, 2.45) is 0 Å². The van der Waals surface area contributed by atoms with Crippen molar-refractivity contribution in [2.45, 2.75) is 88.2 Å². The normalized spacial score (nSPS) is 28.0. The Bertz CT molecular complexity index is 1360. The van der Waals surface area contributed by atoms with E-state index in [0.717, 1.165) is 12.1 Å². The molecule has 0 saturated carbocycles. The fraction of sp³-hybridized carbons (Fsp3) is 0.655. The fourth-order valence-electron chi connectivity index (χ4n) is 6.12. The maximum atomic E-state index is 13.9. The maximum absolute atomic E-state index is 13.9. The Labute approximate surface area is 257 Å². The van der Waals surface area contributed by atoms with E-state index in [9.17, 15) is 33.0 Å². The molecule has 2 amide bonds. The van der Waals surface area contributed by atoms with Gasteiger partial charge in [0.2, 0.25) is 0 Å². The number of carbonyl (C=O) groups is 2. The highest BCUT2D eigenvalue weighted by Gasteiger charge is 2.49. The van der Waals surface area contributed by atoms with Crippen molar-refractivity contribution in [3.05, 3.63) is 35.8 Å².